The van der Waals surface area contributed by atoms with Crippen LogP contribution in [0.2, 0.25) is 0 Å². The molecule has 7 heteroatoms. The number of esters is 1. The van der Waals surface area contributed by atoms with Crippen LogP contribution in [-0.2, 0) is 9.53 Å². The first kappa shape index (κ1) is 22.2. The largest absolute Gasteiger partial charge is 0.462 e. The highest BCUT2D eigenvalue weighted by Crippen LogP contribution is 2.27. The van der Waals surface area contributed by atoms with Crippen LogP contribution in [0.5, 0.6) is 0 Å². The summed E-state index contributed by atoms with van der Waals surface area (Å²) in [5.74, 6) is -1.84. The zero-order chi connectivity index (χ0) is 22.5. The fraction of sp³-hybridized carbons (Fsp3) is 0.333. The van der Waals surface area contributed by atoms with Crippen molar-refractivity contribution >= 4 is 29.4 Å². The smallest absolute Gasteiger partial charge is 0.338 e. The summed E-state index contributed by atoms with van der Waals surface area (Å²) >= 11 is 0. The molecule has 0 aromatic heterocycles. The predicted molar refractivity (Wildman–Crippen MR) is 116 cm³/mol. The molecule has 0 radical (unpaired) electrons. The quantitative estimate of drug-likeness (QED) is 0.514. The number of rotatable bonds is 8. The van der Waals surface area contributed by atoms with Crippen molar-refractivity contribution in [1.82, 2.24) is 4.90 Å². The number of hydrogen-bond donors (Lipinski definition) is 1. The van der Waals surface area contributed by atoms with Crippen LogP contribution in [-0.4, -0.2) is 41.2 Å². The first-order valence-corrected chi connectivity index (χ1v) is 10.4. The average molecular weight is 422 g/mol. The van der Waals surface area contributed by atoms with Crippen molar-refractivity contribution in [3.05, 3.63) is 65.2 Å². The monoisotopic (exact) mass is 422 g/mol. The lowest BCUT2D eigenvalue weighted by molar-refractivity contribution is -0.120. The van der Waals surface area contributed by atoms with Gasteiger partial charge in [0.2, 0.25) is 5.91 Å². The summed E-state index contributed by atoms with van der Waals surface area (Å²) < 4.78 is 5.13. The van der Waals surface area contributed by atoms with Gasteiger partial charge in [-0.15, -0.1) is 0 Å². The number of nitrogens with zero attached hydrogens (tertiary/aromatic N) is 1. The molecule has 1 atom stereocenters. The SMILES string of the molecule is CCCOC(=O)c1cccc(NC(=O)C(CC(C)C)N2C(=O)c3ccccc3C2=O)c1. The number of imide groups is 1. The third-order valence-electron chi connectivity index (χ3n) is 4.94. The molecule has 0 spiro atoms. The van der Waals surface area contributed by atoms with Crippen molar-refractivity contribution in [3.8, 4) is 0 Å². The Balaban J connectivity index is 1.83. The van der Waals surface area contributed by atoms with E-state index in [9.17, 15) is 19.2 Å². The van der Waals surface area contributed by atoms with Gasteiger partial charge >= 0.3 is 5.97 Å². The summed E-state index contributed by atoms with van der Waals surface area (Å²) in [5, 5.41) is 2.75. The van der Waals surface area contributed by atoms with Crippen LogP contribution >= 0.6 is 0 Å². The van der Waals surface area contributed by atoms with E-state index in [1.807, 2.05) is 20.8 Å². The molecule has 31 heavy (non-hydrogen) atoms. The maximum atomic E-state index is 13.2. The standard InChI is InChI=1S/C24H26N2O5/c1-4-12-31-24(30)16-8-7-9-17(14-16)25-21(27)20(13-15(2)3)26-22(28)18-10-5-6-11-19(18)23(26)29/h5-11,14-15,20H,4,12-13H2,1-3H3,(H,25,27). The Bertz CT molecular complexity index is 980. The molecule has 3 amide bonds. The molecule has 162 valence electrons. The van der Waals surface area contributed by atoms with Gasteiger partial charge in [0.05, 0.1) is 23.3 Å². The average Bonchev–Trinajstić information content (AvgIpc) is 3.00. The molecule has 1 unspecified atom stereocenters. The number of nitrogens with one attached hydrogen (secondary N) is 1. The number of ether oxygens (including phenoxy) is 1. The number of benzene rings is 2. The van der Waals surface area contributed by atoms with Gasteiger partial charge in [0.25, 0.3) is 11.8 Å². The van der Waals surface area contributed by atoms with E-state index in [1.54, 1.807) is 42.5 Å². The molecule has 0 aliphatic carbocycles. The third kappa shape index (κ3) is 4.82. The summed E-state index contributed by atoms with van der Waals surface area (Å²) in [6.45, 7) is 6.05. The molecule has 0 saturated carbocycles. The Morgan fingerprint density at radius 2 is 1.65 bits per heavy atom. The van der Waals surface area contributed by atoms with Gasteiger partial charge < -0.3 is 10.1 Å². The molecule has 1 aliphatic rings. The number of anilines is 1. The second-order valence-electron chi connectivity index (χ2n) is 7.88. The topological polar surface area (TPSA) is 92.8 Å². The van der Waals surface area contributed by atoms with Crippen LogP contribution in [0.15, 0.2) is 48.5 Å². The predicted octanol–water partition coefficient (Wildman–Crippen LogP) is 3.90. The molecule has 7 nitrogen and oxygen atoms in total. The summed E-state index contributed by atoms with van der Waals surface area (Å²) in [6, 6.07) is 12.0. The van der Waals surface area contributed by atoms with Crippen LogP contribution < -0.4 is 5.32 Å². The van der Waals surface area contributed by atoms with Gasteiger partial charge in [-0.05, 0) is 49.1 Å². The molecular formula is C24H26N2O5. The lowest BCUT2D eigenvalue weighted by Gasteiger charge is -2.26. The van der Waals surface area contributed by atoms with E-state index in [4.69, 9.17) is 4.74 Å². The summed E-state index contributed by atoms with van der Waals surface area (Å²) in [7, 11) is 0. The van der Waals surface area contributed by atoms with Crippen LogP contribution in [0.3, 0.4) is 0 Å². The van der Waals surface area contributed by atoms with Gasteiger partial charge in [-0.3, -0.25) is 19.3 Å². The third-order valence-corrected chi connectivity index (χ3v) is 4.94. The Hall–Kier alpha value is -3.48. The molecule has 0 fully saturated rings. The lowest BCUT2D eigenvalue weighted by Crippen LogP contribution is -2.47. The number of fused-ring (bicyclic) bond motifs is 1. The molecule has 2 aromatic rings. The van der Waals surface area contributed by atoms with Crippen molar-refractivity contribution in [2.75, 3.05) is 11.9 Å². The number of amides is 3. The van der Waals surface area contributed by atoms with Crippen molar-refractivity contribution in [2.45, 2.75) is 39.7 Å². The highest BCUT2D eigenvalue weighted by molar-refractivity contribution is 6.23. The molecule has 1 heterocycles. The molecule has 3 rings (SSSR count). The Kier molecular flexibility index (Phi) is 6.84. The van der Waals surface area contributed by atoms with E-state index in [1.165, 1.54) is 6.07 Å². The van der Waals surface area contributed by atoms with Gasteiger partial charge in [0.15, 0.2) is 0 Å². The van der Waals surface area contributed by atoms with Gasteiger partial charge in [-0.2, -0.15) is 0 Å². The van der Waals surface area contributed by atoms with Crippen LogP contribution in [0.25, 0.3) is 0 Å². The maximum absolute atomic E-state index is 13.2. The van der Waals surface area contributed by atoms with Crippen LogP contribution in [0, 0.1) is 5.92 Å². The van der Waals surface area contributed by atoms with E-state index >= 15 is 0 Å². The van der Waals surface area contributed by atoms with Gasteiger partial charge in [0.1, 0.15) is 6.04 Å². The summed E-state index contributed by atoms with van der Waals surface area (Å²) in [4.78, 5) is 52.1. The Morgan fingerprint density at radius 3 is 2.23 bits per heavy atom. The zero-order valence-corrected chi connectivity index (χ0v) is 17.9. The van der Waals surface area contributed by atoms with Gasteiger partial charge in [-0.1, -0.05) is 39.0 Å². The van der Waals surface area contributed by atoms with Gasteiger partial charge in [-0.25, -0.2) is 4.79 Å². The Morgan fingerprint density at radius 1 is 1.00 bits per heavy atom. The molecule has 0 saturated heterocycles. The van der Waals surface area contributed by atoms with E-state index in [-0.39, 0.29) is 5.92 Å². The number of hydrogen-bond acceptors (Lipinski definition) is 5. The summed E-state index contributed by atoms with van der Waals surface area (Å²) in [6.07, 6.45) is 1.02. The fourth-order valence-electron chi connectivity index (χ4n) is 3.49. The first-order chi connectivity index (χ1) is 14.8. The molecule has 2 aromatic carbocycles. The minimum atomic E-state index is -0.969. The van der Waals surface area contributed by atoms with Crippen molar-refractivity contribution in [3.63, 3.8) is 0 Å². The molecular weight excluding hydrogens is 396 g/mol. The minimum Gasteiger partial charge on any atom is -0.462 e. The van der Waals surface area contributed by atoms with Crippen molar-refractivity contribution in [1.29, 1.82) is 0 Å². The lowest BCUT2D eigenvalue weighted by atomic mass is 10.0. The number of carbonyl (C=O) groups is 4. The highest BCUT2D eigenvalue weighted by Gasteiger charge is 2.42. The van der Waals surface area contributed by atoms with Crippen LogP contribution in [0.4, 0.5) is 5.69 Å². The molecule has 1 N–H and O–H groups in total. The zero-order valence-electron chi connectivity index (χ0n) is 17.9. The summed E-state index contributed by atoms with van der Waals surface area (Å²) in [5.41, 5.74) is 1.30. The minimum absolute atomic E-state index is 0.0652. The van der Waals surface area contributed by atoms with E-state index in [0.717, 1.165) is 4.90 Å². The van der Waals surface area contributed by atoms with Crippen LogP contribution in [0.1, 0.15) is 64.7 Å². The molecule has 1 aliphatic heterocycles. The van der Waals surface area contributed by atoms with E-state index in [2.05, 4.69) is 5.32 Å². The van der Waals surface area contributed by atoms with Crippen molar-refractivity contribution < 1.29 is 23.9 Å². The normalized spacial score (nSPS) is 13.9. The second-order valence-corrected chi connectivity index (χ2v) is 7.88. The maximum Gasteiger partial charge on any atom is 0.338 e. The highest BCUT2D eigenvalue weighted by atomic mass is 16.5. The number of carbonyl (C=O) groups excluding carboxylic acids is 4. The van der Waals surface area contributed by atoms with Gasteiger partial charge in [0, 0.05) is 5.69 Å². The first-order valence-electron chi connectivity index (χ1n) is 10.4. The second kappa shape index (κ2) is 9.55. The van der Waals surface area contributed by atoms with Crippen molar-refractivity contribution in [2.24, 2.45) is 5.92 Å². The van der Waals surface area contributed by atoms with E-state index < -0.39 is 29.7 Å². The Labute approximate surface area is 181 Å². The molecule has 0 bridgehead atoms. The fourth-order valence-corrected chi connectivity index (χ4v) is 3.49. The van der Waals surface area contributed by atoms with E-state index in [0.29, 0.717) is 41.8 Å².